The molecule has 146 valence electrons. The number of nitrogens with zero attached hydrogens (tertiary/aromatic N) is 1. The van der Waals surface area contributed by atoms with Crippen molar-refractivity contribution in [3.8, 4) is 5.75 Å². The monoisotopic (exact) mass is 369 g/mol. The second kappa shape index (κ2) is 10.5. The summed E-state index contributed by atoms with van der Waals surface area (Å²) in [5.74, 6) is 0.777. The standard InChI is InChI=1S/C23H31NO3/c25-22(19-9-3-1-4-10-19)13-8-16-27-21-12-7-11-20(17-21)23(26)18-24-14-5-2-6-15-24/h1,3-4,7,9-12,17,22-23,25-26H,2,5-6,8,13-16,18H2. The summed E-state index contributed by atoms with van der Waals surface area (Å²) < 4.78 is 5.84. The molecule has 4 heteroatoms. The van der Waals surface area contributed by atoms with Gasteiger partial charge in [0.1, 0.15) is 5.75 Å². The summed E-state index contributed by atoms with van der Waals surface area (Å²) in [5.41, 5.74) is 1.85. The predicted molar refractivity (Wildman–Crippen MR) is 108 cm³/mol. The maximum absolute atomic E-state index is 10.5. The molecule has 1 aliphatic rings. The highest BCUT2D eigenvalue weighted by molar-refractivity contribution is 5.30. The van der Waals surface area contributed by atoms with Crippen LogP contribution < -0.4 is 4.74 Å². The Hall–Kier alpha value is -1.88. The van der Waals surface area contributed by atoms with Crippen molar-refractivity contribution in [1.29, 1.82) is 0 Å². The van der Waals surface area contributed by atoms with Crippen LogP contribution in [0.25, 0.3) is 0 Å². The van der Waals surface area contributed by atoms with Crippen LogP contribution >= 0.6 is 0 Å². The van der Waals surface area contributed by atoms with Gasteiger partial charge in [-0.3, -0.25) is 0 Å². The lowest BCUT2D eigenvalue weighted by Gasteiger charge is -2.28. The molecule has 2 atom stereocenters. The first kappa shape index (κ1) is 19.9. The maximum atomic E-state index is 10.5. The van der Waals surface area contributed by atoms with E-state index < -0.39 is 12.2 Å². The third-order valence-electron chi connectivity index (χ3n) is 5.20. The van der Waals surface area contributed by atoms with Gasteiger partial charge in [0.15, 0.2) is 0 Å². The van der Waals surface area contributed by atoms with Crippen LogP contribution in [-0.2, 0) is 0 Å². The van der Waals surface area contributed by atoms with Crippen molar-refractivity contribution in [1.82, 2.24) is 4.90 Å². The average molecular weight is 370 g/mol. The maximum Gasteiger partial charge on any atom is 0.119 e. The number of ether oxygens (including phenoxy) is 1. The molecule has 0 saturated carbocycles. The van der Waals surface area contributed by atoms with Gasteiger partial charge >= 0.3 is 0 Å². The molecule has 2 unspecified atom stereocenters. The molecule has 3 rings (SSSR count). The molecule has 27 heavy (non-hydrogen) atoms. The summed E-state index contributed by atoms with van der Waals surface area (Å²) in [6.07, 6.45) is 4.27. The lowest BCUT2D eigenvalue weighted by molar-refractivity contribution is 0.101. The van der Waals surface area contributed by atoms with Crippen LogP contribution in [0.3, 0.4) is 0 Å². The average Bonchev–Trinajstić information content (AvgIpc) is 2.72. The Morgan fingerprint density at radius 3 is 2.37 bits per heavy atom. The number of piperidine rings is 1. The van der Waals surface area contributed by atoms with Gasteiger partial charge in [-0.1, -0.05) is 48.9 Å². The molecule has 2 N–H and O–H groups in total. The summed E-state index contributed by atoms with van der Waals surface area (Å²) in [6, 6.07) is 17.5. The van der Waals surface area contributed by atoms with E-state index in [0.717, 1.165) is 36.4 Å². The fourth-order valence-electron chi connectivity index (χ4n) is 3.61. The van der Waals surface area contributed by atoms with Crippen LogP contribution in [-0.4, -0.2) is 41.4 Å². The summed E-state index contributed by atoms with van der Waals surface area (Å²) in [7, 11) is 0. The lowest BCUT2D eigenvalue weighted by Crippen LogP contribution is -2.33. The SMILES string of the molecule is OC(CCCOc1cccc(C(O)CN2CCCCC2)c1)c1ccccc1. The van der Waals surface area contributed by atoms with E-state index >= 15 is 0 Å². The Bertz CT molecular complexity index is 670. The highest BCUT2D eigenvalue weighted by Gasteiger charge is 2.16. The van der Waals surface area contributed by atoms with Gasteiger partial charge in [0, 0.05) is 6.54 Å². The molecule has 2 aromatic carbocycles. The molecule has 0 aromatic heterocycles. The first-order valence-corrected chi connectivity index (χ1v) is 10.1. The van der Waals surface area contributed by atoms with Gasteiger partial charge in [-0.25, -0.2) is 0 Å². The molecular weight excluding hydrogens is 338 g/mol. The van der Waals surface area contributed by atoms with E-state index in [2.05, 4.69) is 4.90 Å². The smallest absolute Gasteiger partial charge is 0.119 e. The van der Waals surface area contributed by atoms with Gasteiger partial charge in [0.05, 0.1) is 18.8 Å². The summed E-state index contributed by atoms with van der Waals surface area (Å²) >= 11 is 0. The predicted octanol–water partition coefficient (Wildman–Crippen LogP) is 4.10. The number of β-amino-alcohol motifs (C(OH)–C–C–N with tert-alkyl or cyclic N) is 1. The van der Waals surface area contributed by atoms with Crippen LogP contribution in [0.4, 0.5) is 0 Å². The van der Waals surface area contributed by atoms with E-state index in [0.29, 0.717) is 19.6 Å². The second-order valence-electron chi connectivity index (χ2n) is 7.37. The van der Waals surface area contributed by atoms with E-state index in [4.69, 9.17) is 4.74 Å². The molecule has 1 fully saturated rings. The third kappa shape index (κ3) is 6.35. The van der Waals surface area contributed by atoms with Crippen molar-refractivity contribution < 1.29 is 14.9 Å². The zero-order valence-corrected chi connectivity index (χ0v) is 16.0. The number of rotatable bonds is 9. The first-order chi connectivity index (χ1) is 13.2. The third-order valence-corrected chi connectivity index (χ3v) is 5.20. The number of aliphatic hydroxyl groups is 2. The van der Waals surface area contributed by atoms with Crippen molar-refractivity contribution in [2.75, 3.05) is 26.2 Å². The molecule has 2 aromatic rings. The molecule has 1 heterocycles. The Kier molecular flexibility index (Phi) is 7.69. The van der Waals surface area contributed by atoms with E-state index in [9.17, 15) is 10.2 Å². The molecule has 1 saturated heterocycles. The molecular formula is C23H31NO3. The Labute approximate surface area is 162 Å². The fraction of sp³-hybridized carbons (Fsp3) is 0.478. The zero-order chi connectivity index (χ0) is 18.9. The normalized spacial score (nSPS) is 17.4. The van der Waals surface area contributed by atoms with E-state index in [1.54, 1.807) is 0 Å². The molecule has 1 aliphatic heterocycles. The highest BCUT2D eigenvalue weighted by Crippen LogP contribution is 2.23. The second-order valence-corrected chi connectivity index (χ2v) is 7.37. The first-order valence-electron chi connectivity index (χ1n) is 10.1. The van der Waals surface area contributed by atoms with E-state index in [-0.39, 0.29) is 0 Å². The van der Waals surface area contributed by atoms with Crippen LogP contribution in [0, 0.1) is 0 Å². The zero-order valence-electron chi connectivity index (χ0n) is 16.0. The highest BCUT2D eigenvalue weighted by atomic mass is 16.5. The van der Waals surface area contributed by atoms with Gasteiger partial charge < -0.3 is 19.8 Å². The van der Waals surface area contributed by atoms with Crippen molar-refractivity contribution in [2.24, 2.45) is 0 Å². The topological polar surface area (TPSA) is 52.9 Å². The van der Waals surface area contributed by atoms with Crippen molar-refractivity contribution >= 4 is 0 Å². The van der Waals surface area contributed by atoms with Gasteiger partial charge in [-0.15, -0.1) is 0 Å². The minimum atomic E-state index is -0.480. The van der Waals surface area contributed by atoms with Crippen LogP contribution in [0.2, 0.25) is 0 Å². The number of hydrogen-bond donors (Lipinski definition) is 2. The van der Waals surface area contributed by atoms with E-state index in [1.807, 2.05) is 54.6 Å². The Morgan fingerprint density at radius 1 is 0.852 bits per heavy atom. The molecule has 4 nitrogen and oxygen atoms in total. The molecule has 0 aliphatic carbocycles. The van der Waals surface area contributed by atoms with Crippen molar-refractivity contribution in [3.05, 3.63) is 65.7 Å². The lowest BCUT2D eigenvalue weighted by atomic mass is 10.1. The number of benzene rings is 2. The van der Waals surface area contributed by atoms with Crippen molar-refractivity contribution in [2.45, 2.75) is 44.3 Å². The summed E-state index contributed by atoms with van der Waals surface area (Å²) in [6.45, 7) is 3.40. The Morgan fingerprint density at radius 2 is 1.59 bits per heavy atom. The minimum Gasteiger partial charge on any atom is -0.494 e. The number of likely N-dealkylation sites (tertiary alicyclic amines) is 1. The summed E-state index contributed by atoms with van der Waals surface area (Å²) in [4.78, 5) is 2.34. The summed E-state index contributed by atoms with van der Waals surface area (Å²) in [5, 5.41) is 20.7. The molecule has 0 spiro atoms. The molecule has 0 radical (unpaired) electrons. The van der Waals surface area contributed by atoms with Crippen LogP contribution in [0.1, 0.15) is 55.4 Å². The molecule has 0 amide bonds. The minimum absolute atomic E-state index is 0.451. The Balaban J connectivity index is 1.43. The number of hydrogen-bond acceptors (Lipinski definition) is 4. The fourth-order valence-corrected chi connectivity index (χ4v) is 3.61. The van der Waals surface area contributed by atoms with Crippen LogP contribution in [0.5, 0.6) is 5.75 Å². The quantitative estimate of drug-likeness (QED) is 0.654. The largest absolute Gasteiger partial charge is 0.494 e. The van der Waals surface area contributed by atoms with Gasteiger partial charge in [0.2, 0.25) is 0 Å². The van der Waals surface area contributed by atoms with Crippen LogP contribution in [0.15, 0.2) is 54.6 Å². The van der Waals surface area contributed by atoms with Gasteiger partial charge in [-0.05, 0) is 62.0 Å². The van der Waals surface area contributed by atoms with E-state index in [1.165, 1.54) is 19.3 Å². The van der Waals surface area contributed by atoms with Gasteiger partial charge in [0.25, 0.3) is 0 Å². The number of aliphatic hydroxyl groups excluding tert-OH is 2. The van der Waals surface area contributed by atoms with Crippen molar-refractivity contribution in [3.63, 3.8) is 0 Å². The molecule has 0 bridgehead atoms. The van der Waals surface area contributed by atoms with Gasteiger partial charge in [-0.2, -0.15) is 0 Å².